The summed E-state index contributed by atoms with van der Waals surface area (Å²) in [5.41, 5.74) is 1.26. The fraction of sp³-hybridized carbons (Fsp3) is 0.562. The Morgan fingerprint density at radius 1 is 1.15 bits per heavy atom. The van der Waals surface area contributed by atoms with E-state index in [1.165, 1.54) is 12.0 Å². The van der Waals surface area contributed by atoms with E-state index in [2.05, 4.69) is 17.0 Å². The molecule has 4 rings (SSSR count). The van der Waals surface area contributed by atoms with Gasteiger partial charge in [0.25, 0.3) is 0 Å². The number of carbonyl (C=O) groups is 1. The molecule has 0 bridgehead atoms. The molecule has 1 saturated heterocycles. The number of ether oxygens (including phenoxy) is 2. The van der Waals surface area contributed by atoms with E-state index in [1.54, 1.807) is 0 Å². The molecule has 1 aromatic rings. The molecule has 0 N–H and O–H groups in total. The van der Waals surface area contributed by atoms with Crippen LogP contribution in [-0.2, 0) is 4.79 Å². The van der Waals surface area contributed by atoms with Gasteiger partial charge in [-0.3, -0.25) is 4.79 Å². The number of rotatable bonds is 2. The zero-order valence-electron chi connectivity index (χ0n) is 11.5. The molecule has 1 saturated carbocycles. The van der Waals surface area contributed by atoms with Gasteiger partial charge in [-0.2, -0.15) is 0 Å². The van der Waals surface area contributed by atoms with Crippen LogP contribution in [0.2, 0.25) is 0 Å². The molecule has 4 nitrogen and oxygen atoms in total. The molecule has 3 aliphatic rings. The van der Waals surface area contributed by atoms with E-state index in [1.807, 2.05) is 6.07 Å². The topological polar surface area (TPSA) is 38.8 Å². The zero-order valence-corrected chi connectivity index (χ0v) is 11.5. The minimum Gasteiger partial charge on any atom is -0.454 e. The van der Waals surface area contributed by atoms with E-state index in [4.69, 9.17) is 9.47 Å². The maximum atomic E-state index is 12.3. The van der Waals surface area contributed by atoms with Crippen molar-refractivity contribution < 1.29 is 14.3 Å². The summed E-state index contributed by atoms with van der Waals surface area (Å²) in [6.45, 7) is 2.07. The molecule has 20 heavy (non-hydrogen) atoms. The van der Waals surface area contributed by atoms with Crippen LogP contribution in [-0.4, -0.2) is 30.7 Å². The lowest BCUT2D eigenvalue weighted by molar-refractivity contribution is -0.137. The molecule has 1 amide bonds. The van der Waals surface area contributed by atoms with E-state index in [0.717, 1.165) is 43.9 Å². The highest BCUT2D eigenvalue weighted by Crippen LogP contribution is 2.38. The van der Waals surface area contributed by atoms with Crippen molar-refractivity contribution in [1.29, 1.82) is 0 Å². The zero-order chi connectivity index (χ0) is 13.5. The molecule has 0 radical (unpaired) electrons. The molecule has 0 spiro atoms. The summed E-state index contributed by atoms with van der Waals surface area (Å²) in [5, 5.41) is 0. The van der Waals surface area contributed by atoms with Gasteiger partial charge in [0.2, 0.25) is 12.7 Å². The van der Waals surface area contributed by atoms with E-state index in [0.29, 0.717) is 24.5 Å². The first-order valence-corrected chi connectivity index (χ1v) is 7.49. The minimum atomic E-state index is 0.311. The van der Waals surface area contributed by atoms with Crippen molar-refractivity contribution >= 4 is 5.91 Å². The number of fused-ring (bicyclic) bond motifs is 1. The Balaban J connectivity index is 1.46. The largest absolute Gasteiger partial charge is 0.454 e. The summed E-state index contributed by atoms with van der Waals surface area (Å²) in [7, 11) is 0. The van der Waals surface area contributed by atoms with Crippen molar-refractivity contribution in [2.75, 3.05) is 19.9 Å². The van der Waals surface area contributed by atoms with Crippen molar-refractivity contribution in [3.05, 3.63) is 23.8 Å². The maximum Gasteiger partial charge on any atom is 0.231 e. The summed E-state index contributed by atoms with van der Waals surface area (Å²) < 4.78 is 10.8. The van der Waals surface area contributed by atoms with Crippen LogP contribution in [0.1, 0.15) is 37.2 Å². The van der Waals surface area contributed by atoms with Gasteiger partial charge in [-0.25, -0.2) is 0 Å². The van der Waals surface area contributed by atoms with E-state index < -0.39 is 0 Å². The first kappa shape index (κ1) is 12.1. The molecule has 1 aromatic carbocycles. The summed E-state index contributed by atoms with van der Waals surface area (Å²) in [5.74, 6) is 2.79. The Morgan fingerprint density at radius 2 is 2.00 bits per heavy atom. The van der Waals surface area contributed by atoms with E-state index in [-0.39, 0.29) is 0 Å². The molecule has 0 aromatic heterocycles. The second-order valence-electron chi connectivity index (χ2n) is 6.01. The van der Waals surface area contributed by atoms with Crippen LogP contribution >= 0.6 is 0 Å². The standard InChI is InChI=1S/C16H19NO3/c18-16(11-2-1-3-11)17-7-6-13(9-17)12-4-5-14-15(8-12)20-10-19-14/h4-5,8,11,13H,1-3,6-7,9-10H2. The summed E-state index contributed by atoms with van der Waals surface area (Å²) in [4.78, 5) is 14.3. The molecule has 1 aliphatic carbocycles. The minimum absolute atomic E-state index is 0.311. The Morgan fingerprint density at radius 3 is 2.80 bits per heavy atom. The van der Waals surface area contributed by atoms with Crippen molar-refractivity contribution in [2.24, 2.45) is 5.92 Å². The quantitative estimate of drug-likeness (QED) is 0.831. The highest BCUT2D eigenvalue weighted by Gasteiger charge is 2.34. The Kier molecular flexibility index (Phi) is 2.83. The second-order valence-corrected chi connectivity index (χ2v) is 6.01. The normalized spacial score (nSPS) is 24.8. The number of nitrogens with zero attached hydrogens (tertiary/aromatic N) is 1. The van der Waals surface area contributed by atoms with Gasteiger partial charge in [0.15, 0.2) is 11.5 Å². The van der Waals surface area contributed by atoms with E-state index >= 15 is 0 Å². The predicted octanol–water partition coefficient (Wildman–Crippen LogP) is 2.53. The SMILES string of the molecule is O=C(C1CCC1)N1CCC(c2ccc3c(c2)OCO3)C1. The Hall–Kier alpha value is -1.71. The van der Waals surface area contributed by atoms with Gasteiger partial charge in [0.05, 0.1) is 0 Å². The molecular weight excluding hydrogens is 254 g/mol. The Labute approximate surface area is 118 Å². The van der Waals surface area contributed by atoms with Crippen molar-refractivity contribution in [3.8, 4) is 11.5 Å². The van der Waals surface area contributed by atoms with Gasteiger partial charge in [0, 0.05) is 24.9 Å². The number of hydrogen-bond acceptors (Lipinski definition) is 3. The number of benzene rings is 1. The van der Waals surface area contributed by atoms with Crippen LogP contribution in [0.5, 0.6) is 11.5 Å². The van der Waals surface area contributed by atoms with Crippen LogP contribution in [0.3, 0.4) is 0 Å². The fourth-order valence-electron chi connectivity index (χ4n) is 3.31. The molecule has 4 heteroatoms. The van der Waals surface area contributed by atoms with Gasteiger partial charge in [0.1, 0.15) is 0 Å². The molecule has 2 aliphatic heterocycles. The lowest BCUT2D eigenvalue weighted by atomic mass is 9.84. The smallest absolute Gasteiger partial charge is 0.231 e. The van der Waals surface area contributed by atoms with Gasteiger partial charge in [-0.05, 0) is 37.0 Å². The van der Waals surface area contributed by atoms with Crippen LogP contribution in [0.4, 0.5) is 0 Å². The number of likely N-dealkylation sites (tertiary alicyclic amines) is 1. The molecular formula is C16H19NO3. The molecule has 2 heterocycles. The first-order chi connectivity index (χ1) is 9.81. The van der Waals surface area contributed by atoms with E-state index in [9.17, 15) is 4.79 Å². The Bertz CT molecular complexity index is 539. The van der Waals surface area contributed by atoms with Crippen LogP contribution in [0.15, 0.2) is 18.2 Å². The van der Waals surface area contributed by atoms with Gasteiger partial charge in [-0.1, -0.05) is 12.5 Å². The lowest BCUT2D eigenvalue weighted by Gasteiger charge is -2.29. The maximum absolute atomic E-state index is 12.3. The van der Waals surface area contributed by atoms with Crippen molar-refractivity contribution in [2.45, 2.75) is 31.6 Å². The third-order valence-electron chi connectivity index (χ3n) is 4.82. The van der Waals surface area contributed by atoms with Crippen LogP contribution in [0, 0.1) is 5.92 Å². The van der Waals surface area contributed by atoms with Crippen molar-refractivity contribution in [3.63, 3.8) is 0 Å². The van der Waals surface area contributed by atoms with Gasteiger partial charge < -0.3 is 14.4 Å². The van der Waals surface area contributed by atoms with Crippen LogP contribution in [0.25, 0.3) is 0 Å². The van der Waals surface area contributed by atoms with Crippen molar-refractivity contribution in [1.82, 2.24) is 4.90 Å². The monoisotopic (exact) mass is 273 g/mol. The molecule has 2 fully saturated rings. The second kappa shape index (κ2) is 4.69. The highest BCUT2D eigenvalue weighted by atomic mass is 16.7. The summed E-state index contributed by atoms with van der Waals surface area (Å²) >= 11 is 0. The molecule has 1 atom stereocenters. The number of amides is 1. The lowest BCUT2D eigenvalue weighted by Crippen LogP contribution is -2.37. The highest BCUT2D eigenvalue weighted by molar-refractivity contribution is 5.80. The molecule has 106 valence electrons. The molecule has 1 unspecified atom stereocenters. The average molecular weight is 273 g/mol. The number of hydrogen-bond donors (Lipinski definition) is 0. The van der Waals surface area contributed by atoms with Gasteiger partial charge in [-0.15, -0.1) is 0 Å². The summed E-state index contributed by atoms with van der Waals surface area (Å²) in [6.07, 6.45) is 4.45. The van der Waals surface area contributed by atoms with Gasteiger partial charge >= 0.3 is 0 Å². The number of carbonyl (C=O) groups excluding carboxylic acids is 1. The fourth-order valence-corrected chi connectivity index (χ4v) is 3.31. The summed E-state index contributed by atoms with van der Waals surface area (Å²) in [6, 6.07) is 6.16. The van der Waals surface area contributed by atoms with Crippen LogP contribution < -0.4 is 9.47 Å². The third kappa shape index (κ3) is 1.94. The predicted molar refractivity (Wildman–Crippen MR) is 73.8 cm³/mol. The third-order valence-corrected chi connectivity index (χ3v) is 4.82. The first-order valence-electron chi connectivity index (χ1n) is 7.49. The average Bonchev–Trinajstić information content (AvgIpc) is 3.05.